The Labute approximate surface area is 101 Å². The number of alkyl halides is 1. The highest BCUT2D eigenvalue weighted by molar-refractivity contribution is 9.09. The Bertz CT molecular complexity index is 182. The number of ether oxygens (including phenoxy) is 1. The second kappa shape index (κ2) is 6.21. The summed E-state index contributed by atoms with van der Waals surface area (Å²) in [5.74, 6) is 0. The normalized spacial score (nSPS) is 33.4. The summed E-state index contributed by atoms with van der Waals surface area (Å²) in [5.41, 5.74) is 0. The van der Waals surface area contributed by atoms with Gasteiger partial charge in [-0.25, -0.2) is 0 Å². The Balaban J connectivity index is 1.56. The van der Waals surface area contributed by atoms with Crippen LogP contribution in [0.3, 0.4) is 0 Å². The van der Waals surface area contributed by atoms with Gasteiger partial charge in [0.25, 0.3) is 0 Å². The van der Waals surface area contributed by atoms with Gasteiger partial charge < -0.3 is 9.64 Å². The first kappa shape index (κ1) is 11.9. The summed E-state index contributed by atoms with van der Waals surface area (Å²) in [4.78, 5) is 3.33. The van der Waals surface area contributed by atoms with Crippen molar-refractivity contribution in [2.45, 2.75) is 49.5 Å². The number of hydrogen-bond acceptors (Lipinski definition) is 2. The van der Waals surface area contributed by atoms with Crippen LogP contribution in [0.2, 0.25) is 0 Å². The Hall–Kier alpha value is 0.400. The zero-order chi connectivity index (χ0) is 10.5. The average Bonchev–Trinajstić information content (AvgIpc) is 2.71. The van der Waals surface area contributed by atoms with Crippen LogP contribution in [0, 0.1) is 0 Å². The van der Waals surface area contributed by atoms with Gasteiger partial charge in [0.05, 0.1) is 6.10 Å². The van der Waals surface area contributed by atoms with E-state index < -0.39 is 0 Å². The third kappa shape index (κ3) is 4.04. The largest absolute Gasteiger partial charge is 0.378 e. The molecule has 0 aromatic heterocycles. The van der Waals surface area contributed by atoms with Crippen molar-refractivity contribution in [3.8, 4) is 0 Å². The van der Waals surface area contributed by atoms with Crippen molar-refractivity contribution in [2.24, 2.45) is 0 Å². The molecule has 0 spiro atoms. The van der Waals surface area contributed by atoms with E-state index in [-0.39, 0.29) is 0 Å². The van der Waals surface area contributed by atoms with Crippen LogP contribution in [0.1, 0.15) is 38.5 Å². The van der Waals surface area contributed by atoms with E-state index >= 15 is 0 Å². The molecule has 3 heteroatoms. The molecule has 0 aromatic carbocycles. The molecule has 2 unspecified atom stereocenters. The van der Waals surface area contributed by atoms with Crippen LogP contribution in [0.5, 0.6) is 0 Å². The maximum Gasteiger partial charge on any atom is 0.0576 e. The zero-order valence-electron chi connectivity index (χ0n) is 9.46. The molecule has 2 heterocycles. The number of piperidine rings is 1. The number of halogens is 1. The van der Waals surface area contributed by atoms with Gasteiger partial charge >= 0.3 is 0 Å². The smallest absolute Gasteiger partial charge is 0.0576 e. The second-order valence-electron chi connectivity index (χ2n) is 4.82. The van der Waals surface area contributed by atoms with Crippen LogP contribution >= 0.6 is 15.9 Å². The van der Waals surface area contributed by atoms with Gasteiger partial charge in [-0.15, -0.1) is 0 Å². The van der Waals surface area contributed by atoms with Crippen molar-refractivity contribution < 1.29 is 4.74 Å². The van der Waals surface area contributed by atoms with Gasteiger partial charge in [-0.2, -0.15) is 0 Å². The number of hydrogen-bond donors (Lipinski definition) is 0. The van der Waals surface area contributed by atoms with Gasteiger partial charge in [0, 0.05) is 18.0 Å². The van der Waals surface area contributed by atoms with Crippen LogP contribution in [0.4, 0.5) is 0 Å². The molecule has 2 aliphatic rings. The third-order valence-electron chi connectivity index (χ3n) is 3.47. The number of rotatable bonds is 4. The van der Waals surface area contributed by atoms with E-state index in [4.69, 9.17) is 4.74 Å². The quantitative estimate of drug-likeness (QED) is 0.732. The Kier molecular flexibility index (Phi) is 4.92. The summed E-state index contributed by atoms with van der Waals surface area (Å²) in [5, 5.41) is 0. The Morgan fingerprint density at radius 3 is 2.93 bits per heavy atom. The van der Waals surface area contributed by atoms with Gasteiger partial charge in [-0.3, -0.25) is 0 Å². The van der Waals surface area contributed by atoms with Crippen LogP contribution in [0.15, 0.2) is 0 Å². The summed E-state index contributed by atoms with van der Waals surface area (Å²) in [6, 6.07) is 0. The molecule has 15 heavy (non-hydrogen) atoms. The lowest BCUT2D eigenvalue weighted by atomic mass is 10.1. The predicted octanol–water partition coefficient (Wildman–Crippen LogP) is 2.80. The highest BCUT2D eigenvalue weighted by Crippen LogP contribution is 2.19. The van der Waals surface area contributed by atoms with Gasteiger partial charge in [0.2, 0.25) is 0 Å². The van der Waals surface area contributed by atoms with Crippen molar-refractivity contribution in [3.63, 3.8) is 0 Å². The molecule has 2 fully saturated rings. The molecule has 88 valence electrons. The molecule has 0 radical (unpaired) electrons. The third-order valence-corrected chi connectivity index (χ3v) is 4.22. The number of likely N-dealkylation sites (tertiary alicyclic amines) is 1. The fourth-order valence-corrected chi connectivity index (χ4v) is 3.35. The van der Waals surface area contributed by atoms with Crippen molar-refractivity contribution in [1.82, 2.24) is 4.90 Å². The van der Waals surface area contributed by atoms with Gasteiger partial charge in [0.15, 0.2) is 0 Å². The van der Waals surface area contributed by atoms with Crippen molar-refractivity contribution in [3.05, 3.63) is 0 Å². The summed E-state index contributed by atoms with van der Waals surface area (Å²) in [6.45, 7) is 4.80. The van der Waals surface area contributed by atoms with Crippen molar-refractivity contribution in [1.29, 1.82) is 0 Å². The fourth-order valence-electron chi connectivity index (χ4n) is 2.62. The molecule has 2 saturated heterocycles. The zero-order valence-corrected chi connectivity index (χ0v) is 11.0. The molecule has 0 amide bonds. The lowest BCUT2D eigenvalue weighted by Crippen LogP contribution is -2.36. The second-order valence-corrected chi connectivity index (χ2v) is 6.11. The molecule has 0 aliphatic carbocycles. The van der Waals surface area contributed by atoms with E-state index in [1.807, 2.05) is 0 Å². The van der Waals surface area contributed by atoms with Gasteiger partial charge in [0.1, 0.15) is 0 Å². The molecule has 0 saturated carbocycles. The maximum atomic E-state index is 5.64. The number of nitrogens with zero attached hydrogens (tertiary/aromatic N) is 1. The minimum absolute atomic E-state index is 0.578. The van der Waals surface area contributed by atoms with Crippen molar-refractivity contribution >= 4 is 15.9 Å². The first-order valence-electron chi connectivity index (χ1n) is 6.32. The molecule has 2 atom stereocenters. The fraction of sp³-hybridized carbons (Fsp3) is 1.00. The van der Waals surface area contributed by atoms with E-state index in [1.54, 1.807) is 0 Å². The minimum atomic E-state index is 0.578. The lowest BCUT2D eigenvalue weighted by molar-refractivity contribution is 0.0978. The molecule has 0 N–H and O–H groups in total. The highest BCUT2D eigenvalue weighted by atomic mass is 79.9. The summed E-state index contributed by atoms with van der Waals surface area (Å²) < 4.78 is 5.64. The maximum absolute atomic E-state index is 5.64. The first-order valence-corrected chi connectivity index (χ1v) is 7.24. The van der Waals surface area contributed by atoms with E-state index in [2.05, 4.69) is 20.8 Å². The standard InChI is InChI=1S/C12H22BrNO/c13-11-4-1-7-14(10-11)8-2-5-12-6-3-9-15-12/h11-12H,1-10H2. The molecule has 0 aromatic rings. The topological polar surface area (TPSA) is 12.5 Å². The van der Waals surface area contributed by atoms with Gasteiger partial charge in [-0.05, 0) is 51.6 Å². The molecule has 2 nitrogen and oxygen atoms in total. The van der Waals surface area contributed by atoms with E-state index in [0.717, 1.165) is 11.4 Å². The van der Waals surface area contributed by atoms with Crippen LogP contribution in [0.25, 0.3) is 0 Å². The van der Waals surface area contributed by atoms with Crippen LogP contribution in [-0.2, 0) is 4.74 Å². The Morgan fingerprint density at radius 2 is 2.20 bits per heavy atom. The SMILES string of the molecule is BrC1CCCN(CCCC2CCCO2)C1. The average molecular weight is 276 g/mol. The molecular formula is C12H22BrNO. The lowest BCUT2D eigenvalue weighted by Gasteiger charge is -2.30. The predicted molar refractivity (Wildman–Crippen MR) is 66.6 cm³/mol. The minimum Gasteiger partial charge on any atom is -0.378 e. The highest BCUT2D eigenvalue weighted by Gasteiger charge is 2.18. The molecular weight excluding hydrogens is 254 g/mol. The van der Waals surface area contributed by atoms with E-state index in [1.165, 1.54) is 58.2 Å². The molecule has 0 bridgehead atoms. The van der Waals surface area contributed by atoms with E-state index in [9.17, 15) is 0 Å². The van der Waals surface area contributed by atoms with Gasteiger partial charge in [-0.1, -0.05) is 15.9 Å². The monoisotopic (exact) mass is 275 g/mol. The first-order chi connectivity index (χ1) is 7.34. The van der Waals surface area contributed by atoms with Crippen molar-refractivity contribution in [2.75, 3.05) is 26.2 Å². The summed E-state index contributed by atoms with van der Waals surface area (Å²) in [6.07, 6.45) is 8.43. The summed E-state index contributed by atoms with van der Waals surface area (Å²) in [7, 11) is 0. The van der Waals surface area contributed by atoms with Crippen LogP contribution in [-0.4, -0.2) is 42.1 Å². The van der Waals surface area contributed by atoms with E-state index in [0.29, 0.717) is 6.10 Å². The molecule has 2 aliphatic heterocycles. The Morgan fingerprint density at radius 1 is 1.27 bits per heavy atom. The summed E-state index contributed by atoms with van der Waals surface area (Å²) >= 11 is 3.72. The van der Waals surface area contributed by atoms with Crippen LogP contribution < -0.4 is 0 Å². The molecule has 2 rings (SSSR count).